The summed E-state index contributed by atoms with van der Waals surface area (Å²) >= 11 is 0. The molecule has 1 N–H and O–H groups in total. The monoisotopic (exact) mass is 316 g/mol. The van der Waals surface area contributed by atoms with Gasteiger partial charge in [-0.15, -0.1) is 0 Å². The third kappa shape index (κ3) is 4.80. The first kappa shape index (κ1) is 17.6. The molecular weight excluding hydrogens is 302 g/mol. The lowest BCUT2D eigenvalue weighted by Crippen LogP contribution is -2.40. The Bertz CT molecular complexity index is 423. The van der Waals surface area contributed by atoms with E-state index in [0.29, 0.717) is 18.8 Å². The van der Waals surface area contributed by atoms with Crippen molar-refractivity contribution < 1.29 is 36.2 Å². The fourth-order valence-electron chi connectivity index (χ4n) is 1.72. The first-order valence-electron chi connectivity index (χ1n) is 6.11. The molecule has 0 aliphatic heterocycles. The predicted molar refractivity (Wildman–Crippen MR) is 62.8 cm³/mol. The van der Waals surface area contributed by atoms with E-state index in [1.165, 1.54) is 12.1 Å². The molecule has 1 rings (SSSR count). The van der Waals surface area contributed by atoms with Gasteiger partial charge in [-0.3, -0.25) is 0 Å². The van der Waals surface area contributed by atoms with E-state index < -0.39 is 29.9 Å². The first-order chi connectivity index (χ1) is 9.57. The molecule has 2 nitrogen and oxygen atoms in total. The smallest absolute Gasteiger partial charge is 0.403 e. The number of ether oxygens (including phenoxy) is 1. The molecule has 0 bridgehead atoms. The third-order valence-corrected chi connectivity index (χ3v) is 2.72. The topological polar surface area (TPSA) is 29.5 Å². The molecule has 1 atom stereocenters. The molecule has 0 spiro atoms. The van der Waals surface area contributed by atoms with E-state index in [1.54, 1.807) is 0 Å². The fourth-order valence-corrected chi connectivity index (χ4v) is 1.72. The van der Waals surface area contributed by atoms with Gasteiger partial charge in [0.25, 0.3) is 0 Å². The molecule has 0 radical (unpaired) electrons. The molecule has 1 aromatic rings. The summed E-state index contributed by atoms with van der Waals surface area (Å²) in [4.78, 5) is 0. The lowest BCUT2D eigenvalue weighted by Gasteiger charge is -2.27. The maximum absolute atomic E-state index is 12.5. The van der Waals surface area contributed by atoms with E-state index in [1.807, 2.05) is 6.92 Å². The molecule has 0 aromatic heterocycles. The lowest BCUT2D eigenvalue weighted by atomic mass is 9.94. The highest BCUT2D eigenvalue weighted by Crippen LogP contribution is 2.46. The zero-order chi connectivity index (χ0) is 16.3. The SMILES string of the molecule is CCCOc1ccc(C(O)C(C(F)(F)F)C(F)(F)F)cc1. The summed E-state index contributed by atoms with van der Waals surface area (Å²) in [5.41, 5.74) is -0.474. The van der Waals surface area contributed by atoms with Crippen molar-refractivity contribution in [2.75, 3.05) is 6.61 Å². The molecule has 120 valence electrons. The van der Waals surface area contributed by atoms with Gasteiger partial charge in [-0.1, -0.05) is 19.1 Å². The largest absolute Gasteiger partial charge is 0.494 e. The van der Waals surface area contributed by atoms with Gasteiger partial charge in [0, 0.05) is 0 Å². The van der Waals surface area contributed by atoms with Gasteiger partial charge in [-0.2, -0.15) is 26.3 Å². The minimum absolute atomic E-state index is 0.309. The molecule has 21 heavy (non-hydrogen) atoms. The second-order valence-electron chi connectivity index (χ2n) is 4.42. The zero-order valence-electron chi connectivity index (χ0n) is 11.0. The van der Waals surface area contributed by atoms with Crippen LogP contribution in [0.15, 0.2) is 24.3 Å². The maximum Gasteiger partial charge on any atom is 0.403 e. The Morgan fingerprint density at radius 1 is 1.00 bits per heavy atom. The predicted octanol–water partition coefficient (Wildman–Crippen LogP) is 4.25. The number of hydrogen-bond donors (Lipinski definition) is 1. The standard InChI is InChI=1S/C13H14F6O2/c1-2-7-21-9-5-3-8(4-6-9)10(20)11(12(14,15)16)13(17,18)19/h3-6,10-11,20H,2,7H2,1H3. The summed E-state index contributed by atoms with van der Waals surface area (Å²) in [6.45, 7) is 2.21. The van der Waals surface area contributed by atoms with Gasteiger partial charge in [-0.05, 0) is 24.1 Å². The molecule has 0 saturated heterocycles. The van der Waals surface area contributed by atoms with Crippen LogP contribution in [0.2, 0.25) is 0 Å². The molecule has 0 heterocycles. The first-order valence-corrected chi connectivity index (χ1v) is 6.11. The van der Waals surface area contributed by atoms with Crippen LogP contribution in [0.1, 0.15) is 25.0 Å². The van der Waals surface area contributed by atoms with Crippen LogP contribution in [0.25, 0.3) is 0 Å². The summed E-state index contributed by atoms with van der Waals surface area (Å²) in [6.07, 6.45) is -13.2. The summed E-state index contributed by atoms with van der Waals surface area (Å²) in [5, 5.41) is 9.44. The van der Waals surface area contributed by atoms with Crippen molar-refractivity contribution in [3.8, 4) is 5.75 Å². The van der Waals surface area contributed by atoms with Crippen LogP contribution in [-0.4, -0.2) is 24.1 Å². The molecule has 0 aliphatic rings. The Hall–Kier alpha value is -1.44. The van der Waals surface area contributed by atoms with Crippen molar-refractivity contribution in [3.63, 3.8) is 0 Å². The van der Waals surface area contributed by atoms with E-state index in [9.17, 15) is 31.4 Å². The van der Waals surface area contributed by atoms with Gasteiger partial charge in [0.2, 0.25) is 0 Å². The number of halogens is 6. The van der Waals surface area contributed by atoms with Crippen LogP contribution in [0.4, 0.5) is 26.3 Å². The molecule has 0 amide bonds. The number of alkyl halides is 6. The number of aliphatic hydroxyl groups excluding tert-OH is 1. The molecule has 0 aliphatic carbocycles. The van der Waals surface area contributed by atoms with Crippen molar-refractivity contribution in [1.82, 2.24) is 0 Å². The molecule has 0 fully saturated rings. The Labute approximate surface area is 117 Å². The zero-order valence-corrected chi connectivity index (χ0v) is 11.0. The van der Waals surface area contributed by atoms with Gasteiger partial charge in [0.1, 0.15) is 5.75 Å². The molecule has 1 aromatic carbocycles. The van der Waals surface area contributed by atoms with E-state index >= 15 is 0 Å². The van der Waals surface area contributed by atoms with E-state index in [4.69, 9.17) is 4.74 Å². The molecule has 0 saturated carbocycles. The second kappa shape index (κ2) is 6.55. The Morgan fingerprint density at radius 3 is 1.86 bits per heavy atom. The number of rotatable bonds is 5. The molecule has 8 heteroatoms. The molecular formula is C13H14F6O2. The van der Waals surface area contributed by atoms with Crippen LogP contribution in [0.5, 0.6) is 5.75 Å². The molecule has 1 unspecified atom stereocenters. The van der Waals surface area contributed by atoms with Crippen LogP contribution < -0.4 is 4.74 Å². The number of hydrogen-bond acceptors (Lipinski definition) is 2. The van der Waals surface area contributed by atoms with Crippen LogP contribution >= 0.6 is 0 Å². The van der Waals surface area contributed by atoms with Crippen molar-refractivity contribution in [2.45, 2.75) is 31.8 Å². The van der Waals surface area contributed by atoms with Gasteiger partial charge in [0.15, 0.2) is 5.92 Å². The van der Waals surface area contributed by atoms with Crippen molar-refractivity contribution in [3.05, 3.63) is 29.8 Å². The third-order valence-electron chi connectivity index (χ3n) is 2.72. The van der Waals surface area contributed by atoms with Crippen LogP contribution in [0, 0.1) is 5.92 Å². The highest BCUT2D eigenvalue weighted by molar-refractivity contribution is 5.29. The van der Waals surface area contributed by atoms with E-state index in [-0.39, 0.29) is 0 Å². The van der Waals surface area contributed by atoms with Gasteiger partial charge >= 0.3 is 12.4 Å². The number of aliphatic hydroxyl groups is 1. The van der Waals surface area contributed by atoms with Crippen LogP contribution in [0.3, 0.4) is 0 Å². The summed E-state index contributed by atoms with van der Waals surface area (Å²) in [6, 6.07) is 4.41. The summed E-state index contributed by atoms with van der Waals surface area (Å²) in [7, 11) is 0. The summed E-state index contributed by atoms with van der Waals surface area (Å²) < 4.78 is 80.1. The quantitative estimate of drug-likeness (QED) is 0.823. The highest BCUT2D eigenvalue weighted by atomic mass is 19.4. The van der Waals surface area contributed by atoms with E-state index in [2.05, 4.69) is 0 Å². The normalized spacial score (nSPS) is 14.3. The van der Waals surface area contributed by atoms with Crippen molar-refractivity contribution in [2.24, 2.45) is 5.92 Å². The summed E-state index contributed by atoms with van der Waals surface area (Å²) in [5.74, 6) is -3.52. The van der Waals surface area contributed by atoms with E-state index in [0.717, 1.165) is 12.1 Å². The van der Waals surface area contributed by atoms with Gasteiger partial charge < -0.3 is 9.84 Å². The average molecular weight is 316 g/mol. The Balaban J connectivity index is 2.97. The average Bonchev–Trinajstić information content (AvgIpc) is 2.33. The van der Waals surface area contributed by atoms with Gasteiger partial charge in [-0.25, -0.2) is 0 Å². The Morgan fingerprint density at radius 2 is 1.48 bits per heavy atom. The highest BCUT2D eigenvalue weighted by Gasteiger charge is 2.60. The number of benzene rings is 1. The van der Waals surface area contributed by atoms with Crippen LogP contribution in [-0.2, 0) is 0 Å². The van der Waals surface area contributed by atoms with Gasteiger partial charge in [0.05, 0.1) is 12.7 Å². The second-order valence-corrected chi connectivity index (χ2v) is 4.42. The fraction of sp³-hybridized carbons (Fsp3) is 0.538. The Kier molecular flexibility index (Phi) is 5.49. The van der Waals surface area contributed by atoms with Crippen molar-refractivity contribution in [1.29, 1.82) is 0 Å². The maximum atomic E-state index is 12.5. The van der Waals surface area contributed by atoms with Crippen molar-refractivity contribution >= 4 is 0 Å². The minimum Gasteiger partial charge on any atom is -0.494 e. The lowest BCUT2D eigenvalue weighted by molar-refractivity contribution is -0.307. The minimum atomic E-state index is -5.59.